The van der Waals surface area contributed by atoms with E-state index in [2.05, 4.69) is 13.8 Å². The van der Waals surface area contributed by atoms with Crippen LogP contribution in [-0.2, 0) is 4.74 Å². The highest BCUT2D eigenvalue weighted by atomic mass is 16.5. The number of carbonyl (C=O) groups excluding carboxylic acids is 1. The van der Waals surface area contributed by atoms with Crippen LogP contribution in [0.2, 0.25) is 0 Å². The first-order valence-electron chi connectivity index (χ1n) is 11.2. The summed E-state index contributed by atoms with van der Waals surface area (Å²) in [6.07, 6.45) is 13.2. The lowest BCUT2D eigenvalue weighted by molar-refractivity contribution is -0.139. The van der Waals surface area contributed by atoms with Gasteiger partial charge in [0.2, 0.25) is 5.79 Å². The molecule has 1 unspecified atom stereocenters. The Balaban J connectivity index is 1.88. The van der Waals surface area contributed by atoms with Crippen molar-refractivity contribution in [2.24, 2.45) is 5.92 Å². The maximum absolute atomic E-state index is 12.8. The van der Waals surface area contributed by atoms with Crippen LogP contribution in [0.3, 0.4) is 0 Å². The molecule has 1 atom stereocenters. The molecule has 0 saturated heterocycles. The van der Waals surface area contributed by atoms with Crippen molar-refractivity contribution in [3.05, 3.63) is 53.8 Å². The number of ketones is 1. The fourth-order valence-corrected chi connectivity index (χ4v) is 3.38. The SMILES string of the molecule is CCCCCCOC1=CC(O)(O)C(C(=O)c2ccc(OCCCCCC)cc2)C=C1. The zero-order valence-corrected chi connectivity index (χ0v) is 18.3. The largest absolute Gasteiger partial charge is 0.494 e. The first kappa shape index (κ1) is 24.2. The third-order valence-electron chi connectivity index (χ3n) is 5.22. The topological polar surface area (TPSA) is 76.0 Å². The lowest BCUT2D eigenvalue weighted by Gasteiger charge is -2.29. The summed E-state index contributed by atoms with van der Waals surface area (Å²) in [6, 6.07) is 6.82. The van der Waals surface area contributed by atoms with Gasteiger partial charge in [0.15, 0.2) is 5.78 Å². The Labute approximate surface area is 180 Å². The summed E-state index contributed by atoms with van der Waals surface area (Å²) >= 11 is 0. The van der Waals surface area contributed by atoms with Crippen LogP contribution in [0.1, 0.15) is 75.6 Å². The Morgan fingerprint density at radius 2 is 1.50 bits per heavy atom. The first-order valence-corrected chi connectivity index (χ1v) is 11.2. The van der Waals surface area contributed by atoms with E-state index in [4.69, 9.17) is 9.47 Å². The van der Waals surface area contributed by atoms with E-state index >= 15 is 0 Å². The number of aliphatic hydroxyl groups is 2. The van der Waals surface area contributed by atoms with Gasteiger partial charge in [-0.05, 0) is 43.2 Å². The molecule has 1 aromatic rings. The summed E-state index contributed by atoms with van der Waals surface area (Å²) in [4.78, 5) is 12.8. The van der Waals surface area contributed by atoms with E-state index in [1.165, 1.54) is 25.0 Å². The quantitative estimate of drug-likeness (QED) is 0.248. The summed E-state index contributed by atoms with van der Waals surface area (Å²) in [7, 11) is 0. The third kappa shape index (κ3) is 7.62. The molecular weight excluding hydrogens is 380 g/mol. The molecule has 0 radical (unpaired) electrons. The van der Waals surface area contributed by atoms with Crippen molar-refractivity contribution in [3.8, 4) is 5.75 Å². The number of carbonyl (C=O) groups is 1. The second-order valence-corrected chi connectivity index (χ2v) is 7.87. The van der Waals surface area contributed by atoms with E-state index in [0.29, 0.717) is 30.3 Å². The fraction of sp³-hybridized carbons (Fsp3) is 0.560. The van der Waals surface area contributed by atoms with E-state index in [9.17, 15) is 15.0 Å². The minimum atomic E-state index is -2.28. The van der Waals surface area contributed by atoms with Gasteiger partial charge in [-0.1, -0.05) is 58.4 Å². The molecule has 1 aromatic carbocycles. The van der Waals surface area contributed by atoms with Crippen LogP contribution in [0.15, 0.2) is 48.3 Å². The van der Waals surface area contributed by atoms with Crippen LogP contribution < -0.4 is 4.74 Å². The maximum atomic E-state index is 12.8. The average Bonchev–Trinajstić information content (AvgIpc) is 2.73. The van der Waals surface area contributed by atoms with Gasteiger partial charge in [-0.25, -0.2) is 0 Å². The van der Waals surface area contributed by atoms with Crippen LogP contribution in [0.5, 0.6) is 5.75 Å². The molecule has 2 N–H and O–H groups in total. The number of hydrogen-bond acceptors (Lipinski definition) is 5. The second-order valence-electron chi connectivity index (χ2n) is 7.87. The van der Waals surface area contributed by atoms with Crippen molar-refractivity contribution in [1.82, 2.24) is 0 Å². The summed E-state index contributed by atoms with van der Waals surface area (Å²) in [6.45, 7) is 5.49. The highest BCUT2D eigenvalue weighted by molar-refractivity contribution is 6.00. The number of benzene rings is 1. The molecule has 0 amide bonds. The van der Waals surface area contributed by atoms with Crippen LogP contribution in [0.4, 0.5) is 0 Å². The molecule has 166 valence electrons. The average molecular weight is 417 g/mol. The Kier molecular flexibility index (Phi) is 10.1. The minimum absolute atomic E-state index is 0.357. The zero-order chi connectivity index (χ0) is 21.8. The first-order chi connectivity index (χ1) is 14.5. The normalized spacial score (nSPS) is 17.5. The summed E-state index contributed by atoms with van der Waals surface area (Å²) in [5.74, 6) is -2.62. The van der Waals surface area contributed by atoms with Gasteiger partial charge in [0.25, 0.3) is 0 Å². The number of rotatable bonds is 14. The summed E-state index contributed by atoms with van der Waals surface area (Å²) in [5, 5.41) is 20.8. The molecule has 0 bridgehead atoms. The number of Topliss-reactive ketones (excluding diaryl/α,β-unsaturated/α-hetero) is 1. The van der Waals surface area contributed by atoms with Gasteiger partial charge < -0.3 is 19.7 Å². The third-order valence-corrected chi connectivity index (χ3v) is 5.22. The van der Waals surface area contributed by atoms with Gasteiger partial charge in [-0.15, -0.1) is 0 Å². The van der Waals surface area contributed by atoms with Crippen molar-refractivity contribution in [1.29, 1.82) is 0 Å². The van der Waals surface area contributed by atoms with Gasteiger partial charge in [-0.2, -0.15) is 0 Å². The Bertz CT molecular complexity index is 703. The molecule has 5 nitrogen and oxygen atoms in total. The molecule has 0 spiro atoms. The van der Waals surface area contributed by atoms with E-state index in [-0.39, 0.29) is 5.78 Å². The standard InChI is InChI=1S/C25H36O5/c1-3-5-7-9-17-29-21-13-11-20(12-14-21)24(26)23-16-15-22(19-25(23,27)28)30-18-10-8-6-4-2/h11-16,19,23,27-28H,3-10,17-18H2,1-2H3. The lowest BCUT2D eigenvalue weighted by Crippen LogP contribution is -2.41. The van der Waals surface area contributed by atoms with Gasteiger partial charge >= 0.3 is 0 Å². The van der Waals surface area contributed by atoms with E-state index in [1.54, 1.807) is 30.3 Å². The van der Waals surface area contributed by atoms with Crippen LogP contribution in [0.25, 0.3) is 0 Å². The molecule has 1 aliphatic carbocycles. The number of allylic oxidation sites excluding steroid dienone is 1. The van der Waals surface area contributed by atoms with Gasteiger partial charge in [-0.3, -0.25) is 4.79 Å². The molecule has 0 fully saturated rings. The molecule has 0 aromatic heterocycles. The van der Waals surface area contributed by atoms with Crippen molar-refractivity contribution in [3.63, 3.8) is 0 Å². The highest BCUT2D eigenvalue weighted by Gasteiger charge is 2.39. The number of hydrogen-bond donors (Lipinski definition) is 2. The number of unbranched alkanes of at least 4 members (excludes halogenated alkanes) is 6. The Morgan fingerprint density at radius 3 is 2.07 bits per heavy atom. The molecule has 0 saturated carbocycles. The molecule has 30 heavy (non-hydrogen) atoms. The van der Waals surface area contributed by atoms with Crippen molar-refractivity contribution in [2.75, 3.05) is 13.2 Å². The van der Waals surface area contributed by atoms with Crippen LogP contribution >= 0.6 is 0 Å². The smallest absolute Gasteiger partial charge is 0.200 e. The summed E-state index contributed by atoms with van der Waals surface area (Å²) in [5.41, 5.74) is 0.410. The zero-order valence-electron chi connectivity index (χ0n) is 18.3. The Hall–Kier alpha value is -2.11. The molecule has 1 aliphatic rings. The monoisotopic (exact) mass is 416 g/mol. The minimum Gasteiger partial charge on any atom is -0.494 e. The second kappa shape index (κ2) is 12.6. The van der Waals surface area contributed by atoms with Gasteiger partial charge in [0.1, 0.15) is 11.5 Å². The van der Waals surface area contributed by atoms with Gasteiger partial charge in [0, 0.05) is 11.6 Å². The molecular formula is C25H36O5. The van der Waals surface area contributed by atoms with Crippen LogP contribution in [0, 0.1) is 5.92 Å². The predicted molar refractivity (Wildman–Crippen MR) is 118 cm³/mol. The van der Waals surface area contributed by atoms with Crippen molar-refractivity contribution in [2.45, 2.75) is 71.0 Å². The van der Waals surface area contributed by atoms with Crippen molar-refractivity contribution < 1.29 is 24.5 Å². The molecule has 0 aliphatic heterocycles. The fourth-order valence-electron chi connectivity index (χ4n) is 3.38. The highest BCUT2D eigenvalue weighted by Crippen LogP contribution is 2.29. The summed E-state index contributed by atoms with van der Waals surface area (Å²) < 4.78 is 11.3. The maximum Gasteiger partial charge on any atom is 0.200 e. The lowest BCUT2D eigenvalue weighted by atomic mass is 9.86. The molecule has 0 heterocycles. The van der Waals surface area contributed by atoms with Crippen LogP contribution in [-0.4, -0.2) is 35.0 Å². The van der Waals surface area contributed by atoms with E-state index < -0.39 is 11.7 Å². The van der Waals surface area contributed by atoms with E-state index in [0.717, 1.165) is 38.5 Å². The molecule has 5 heteroatoms. The van der Waals surface area contributed by atoms with E-state index in [1.807, 2.05) is 0 Å². The Morgan fingerprint density at radius 1 is 0.900 bits per heavy atom. The van der Waals surface area contributed by atoms with Gasteiger partial charge in [0.05, 0.1) is 19.1 Å². The predicted octanol–water partition coefficient (Wildman–Crippen LogP) is 5.18. The number of ether oxygens (including phenoxy) is 2. The molecule has 2 rings (SSSR count). The van der Waals surface area contributed by atoms with Crippen molar-refractivity contribution >= 4 is 5.78 Å².